The second kappa shape index (κ2) is 18.2. The standard InChI is InChI=1S/C33H47N3O5S/c37-31(13-7-6-12-30-28-22-32(38)36-29(28)24-42-30)34-18-8-20-40-21-9-19-35-33(39)26-16-14-25(15-17-26)23-41-27-10-4-2-1-3-5-11-27/h14-17,27-30H,1-4,6-10,12-13,18-24H2,(H,34,37)(H,35,39)(H,36,38)/t27?,28-,29-,30-/m0/s1. The molecule has 4 atom stereocenters. The van der Waals surface area contributed by atoms with Gasteiger partial charge >= 0.3 is 0 Å². The molecule has 0 bridgehead atoms. The predicted octanol–water partition coefficient (Wildman–Crippen LogP) is 4.36. The number of ether oxygens (including phenoxy) is 2. The first kappa shape index (κ1) is 32.4. The van der Waals surface area contributed by atoms with Crippen molar-refractivity contribution in [2.45, 2.75) is 101 Å². The zero-order chi connectivity index (χ0) is 29.4. The molecule has 4 rings (SSSR count). The molecule has 0 saturated carbocycles. The highest BCUT2D eigenvalue weighted by molar-refractivity contribution is 8.00. The Morgan fingerprint density at radius 2 is 1.81 bits per heavy atom. The van der Waals surface area contributed by atoms with Crippen molar-refractivity contribution in [3.63, 3.8) is 0 Å². The summed E-state index contributed by atoms with van der Waals surface area (Å²) in [5.74, 6) is 8.13. The Labute approximate surface area is 255 Å². The van der Waals surface area contributed by atoms with E-state index in [1.807, 2.05) is 36.0 Å². The lowest BCUT2D eigenvalue weighted by molar-refractivity contribution is -0.121. The zero-order valence-corrected chi connectivity index (χ0v) is 25.6. The topological polar surface area (TPSA) is 106 Å². The van der Waals surface area contributed by atoms with E-state index in [2.05, 4.69) is 27.8 Å². The molecule has 1 aliphatic carbocycles. The molecule has 0 radical (unpaired) electrons. The molecule has 2 heterocycles. The van der Waals surface area contributed by atoms with E-state index in [0.717, 1.165) is 62.7 Å². The lowest BCUT2D eigenvalue weighted by Crippen LogP contribution is -2.29. The van der Waals surface area contributed by atoms with E-state index in [1.54, 1.807) is 0 Å². The van der Waals surface area contributed by atoms with Gasteiger partial charge in [0.1, 0.15) is 6.10 Å². The number of nitrogens with one attached hydrogen (secondary N) is 3. The number of amides is 3. The molecule has 2 aliphatic heterocycles. The lowest BCUT2D eigenvalue weighted by atomic mass is 9.94. The molecular formula is C33H47N3O5S. The Balaban J connectivity index is 0.947. The van der Waals surface area contributed by atoms with E-state index < -0.39 is 0 Å². The number of hydrogen-bond acceptors (Lipinski definition) is 6. The van der Waals surface area contributed by atoms with Crippen LogP contribution in [0.15, 0.2) is 24.3 Å². The van der Waals surface area contributed by atoms with Crippen LogP contribution in [0.25, 0.3) is 0 Å². The van der Waals surface area contributed by atoms with Crippen LogP contribution in [0, 0.1) is 17.8 Å². The summed E-state index contributed by atoms with van der Waals surface area (Å²) < 4.78 is 11.6. The lowest BCUT2D eigenvalue weighted by Gasteiger charge is -2.15. The van der Waals surface area contributed by atoms with Gasteiger partial charge in [0, 0.05) is 74.1 Å². The van der Waals surface area contributed by atoms with Crippen molar-refractivity contribution in [1.82, 2.24) is 16.0 Å². The Kier molecular flexibility index (Phi) is 14.0. The van der Waals surface area contributed by atoms with Crippen molar-refractivity contribution in [1.29, 1.82) is 0 Å². The average molecular weight is 598 g/mol. The Morgan fingerprint density at radius 3 is 2.64 bits per heavy atom. The molecule has 3 N–H and O–H groups in total. The third-order valence-electron chi connectivity index (χ3n) is 8.13. The molecular weight excluding hydrogens is 550 g/mol. The fourth-order valence-corrected chi connectivity index (χ4v) is 7.34. The van der Waals surface area contributed by atoms with Crippen LogP contribution in [0.4, 0.5) is 0 Å². The summed E-state index contributed by atoms with van der Waals surface area (Å²) in [6, 6.07) is 7.91. The van der Waals surface area contributed by atoms with Crippen molar-refractivity contribution in [3.05, 3.63) is 35.4 Å². The summed E-state index contributed by atoms with van der Waals surface area (Å²) in [6.45, 7) is 2.82. The monoisotopic (exact) mass is 597 g/mol. The van der Waals surface area contributed by atoms with Gasteiger partial charge in [-0.1, -0.05) is 30.9 Å². The van der Waals surface area contributed by atoms with Crippen LogP contribution in [-0.2, 0) is 25.7 Å². The van der Waals surface area contributed by atoms with Crippen LogP contribution in [0.3, 0.4) is 0 Å². The number of unbranched alkanes of at least 4 members (excludes halogenated alkanes) is 1. The van der Waals surface area contributed by atoms with E-state index in [4.69, 9.17) is 9.47 Å². The van der Waals surface area contributed by atoms with Gasteiger partial charge in [0.25, 0.3) is 5.91 Å². The minimum absolute atomic E-state index is 0.00357. The van der Waals surface area contributed by atoms with Crippen molar-refractivity contribution >= 4 is 29.5 Å². The number of carbonyl (C=O) groups is 3. The highest BCUT2D eigenvalue weighted by Crippen LogP contribution is 2.40. The first-order valence-corrected chi connectivity index (χ1v) is 16.9. The SMILES string of the molecule is O=C(CCCC[C@@H]1SC[C@@H]2NC(=O)C[C@@H]21)NCCCOCCCNC(=O)c1ccc(COC2C#CCCCCC2)cc1. The second-order valence-electron chi connectivity index (χ2n) is 11.5. The molecule has 3 amide bonds. The molecule has 3 aliphatic rings. The Bertz CT molecular complexity index is 1070. The maximum Gasteiger partial charge on any atom is 0.251 e. The van der Waals surface area contributed by atoms with Crippen LogP contribution in [0.1, 0.15) is 93.0 Å². The summed E-state index contributed by atoms with van der Waals surface area (Å²) in [5, 5.41) is 9.54. The molecule has 0 spiro atoms. The van der Waals surface area contributed by atoms with Crippen molar-refractivity contribution in [2.24, 2.45) is 5.92 Å². The third-order valence-corrected chi connectivity index (χ3v) is 9.70. The summed E-state index contributed by atoms with van der Waals surface area (Å²) >= 11 is 1.97. The van der Waals surface area contributed by atoms with Gasteiger partial charge in [-0.05, 0) is 62.6 Å². The average Bonchev–Trinajstić information content (AvgIpc) is 3.53. The van der Waals surface area contributed by atoms with Crippen LogP contribution >= 0.6 is 11.8 Å². The molecule has 2 fully saturated rings. The van der Waals surface area contributed by atoms with Gasteiger partial charge in [0.15, 0.2) is 0 Å². The maximum absolute atomic E-state index is 12.4. The van der Waals surface area contributed by atoms with Gasteiger partial charge in [-0.15, -0.1) is 5.92 Å². The number of benzene rings is 1. The minimum atomic E-state index is -0.0899. The van der Waals surface area contributed by atoms with E-state index in [9.17, 15) is 14.4 Å². The van der Waals surface area contributed by atoms with Crippen molar-refractivity contribution in [2.75, 3.05) is 32.1 Å². The maximum atomic E-state index is 12.4. The number of carbonyl (C=O) groups excluding carboxylic acids is 3. The molecule has 1 unspecified atom stereocenters. The smallest absolute Gasteiger partial charge is 0.251 e. The minimum Gasteiger partial charge on any atom is -0.381 e. The summed E-state index contributed by atoms with van der Waals surface area (Å²) in [4.78, 5) is 36.1. The Morgan fingerprint density at radius 1 is 1.00 bits per heavy atom. The molecule has 230 valence electrons. The fourth-order valence-electron chi connectivity index (χ4n) is 5.69. The molecule has 8 nitrogen and oxygen atoms in total. The van der Waals surface area contributed by atoms with Gasteiger partial charge in [-0.3, -0.25) is 14.4 Å². The van der Waals surface area contributed by atoms with Gasteiger partial charge in [0.05, 0.1) is 6.61 Å². The van der Waals surface area contributed by atoms with Crippen molar-refractivity contribution < 1.29 is 23.9 Å². The van der Waals surface area contributed by atoms with E-state index in [0.29, 0.717) is 68.5 Å². The van der Waals surface area contributed by atoms with E-state index in [1.165, 1.54) is 12.8 Å². The quantitative estimate of drug-likeness (QED) is 0.182. The van der Waals surface area contributed by atoms with Gasteiger partial charge in [0.2, 0.25) is 11.8 Å². The Hall–Kier alpha value is -2.54. The van der Waals surface area contributed by atoms with Crippen LogP contribution < -0.4 is 16.0 Å². The molecule has 0 aromatic heterocycles. The number of hydrogen-bond donors (Lipinski definition) is 3. The van der Waals surface area contributed by atoms with Crippen LogP contribution in [0.5, 0.6) is 0 Å². The van der Waals surface area contributed by atoms with Crippen molar-refractivity contribution in [3.8, 4) is 11.8 Å². The van der Waals surface area contributed by atoms with Gasteiger partial charge < -0.3 is 25.4 Å². The van der Waals surface area contributed by atoms with Gasteiger partial charge in [-0.25, -0.2) is 0 Å². The largest absolute Gasteiger partial charge is 0.381 e. The molecule has 42 heavy (non-hydrogen) atoms. The van der Waals surface area contributed by atoms with E-state index >= 15 is 0 Å². The predicted molar refractivity (Wildman–Crippen MR) is 166 cm³/mol. The molecule has 1 aromatic rings. The highest BCUT2D eigenvalue weighted by Gasteiger charge is 2.42. The number of rotatable bonds is 17. The first-order chi connectivity index (χ1) is 20.6. The second-order valence-corrected chi connectivity index (χ2v) is 12.8. The van der Waals surface area contributed by atoms with Gasteiger partial charge in [-0.2, -0.15) is 11.8 Å². The fraction of sp³-hybridized carbons (Fsp3) is 0.667. The summed E-state index contributed by atoms with van der Waals surface area (Å²) in [5.41, 5.74) is 1.67. The summed E-state index contributed by atoms with van der Waals surface area (Å²) in [6.07, 6.45) is 11.2. The van der Waals surface area contributed by atoms with E-state index in [-0.39, 0.29) is 23.8 Å². The third kappa shape index (κ3) is 11.3. The summed E-state index contributed by atoms with van der Waals surface area (Å²) in [7, 11) is 0. The zero-order valence-electron chi connectivity index (χ0n) is 24.8. The number of fused-ring (bicyclic) bond motifs is 1. The highest BCUT2D eigenvalue weighted by atomic mass is 32.2. The van der Waals surface area contributed by atoms with Crippen LogP contribution in [-0.4, -0.2) is 67.2 Å². The molecule has 1 aromatic carbocycles. The molecule has 2 saturated heterocycles. The molecule has 9 heteroatoms. The first-order valence-electron chi connectivity index (χ1n) is 15.8. The number of thioether (sulfide) groups is 1. The van der Waals surface area contributed by atoms with Crippen LogP contribution in [0.2, 0.25) is 0 Å². The normalized spacial score (nSPS) is 23.2.